The first kappa shape index (κ1) is 10.2. The first-order valence-corrected chi connectivity index (χ1v) is 5.35. The summed E-state index contributed by atoms with van der Waals surface area (Å²) >= 11 is 0. The van der Waals surface area contributed by atoms with E-state index in [0.717, 1.165) is 38.4 Å². The van der Waals surface area contributed by atoms with Crippen LogP contribution in [0.25, 0.3) is 0 Å². The van der Waals surface area contributed by atoms with Crippen molar-refractivity contribution in [1.29, 1.82) is 0 Å². The Kier molecular flexibility index (Phi) is 3.40. The fourth-order valence-electron chi connectivity index (χ4n) is 1.74. The Hall–Kier alpha value is -1.29. The highest BCUT2D eigenvalue weighted by Crippen LogP contribution is 2.18. The van der Waals surface area contributed by atoms with Gasteiger partial charge < -0.3 is 15.0 Å². The molecule has 1 aliphatic heterocycles. The van der Waals surface area contributed by atoms with Gasteiger partial charge in [-0.1, -0.05) is 0 Å². The fraction of sp³-hybridized carbons (Fsp3) is 0.545. The van der Waals surface area contributed by atoms with Crippen molar-refractivity contribution in [2.45, 2.75) is 6.42 Å². The van der Waals surface area contributed by atoms with Gasteiger partial charge in [0.25, 0.3) is 0 Å². The Bertz CT molecular complexity index is 308. The smallest absolute Gasteiger partial charge is 0.0641 e. The van der Waals surface area contributed by atoms with Crippen LogP contribution in [0, 0.1) is 0 Å². The third-order valence-electron chi connectivity index (χ3n) is 2.60. The summed E-state index contributed by atoms with van der Waals surface area (Å²) in [4.78, 5) is 6.54. The number of rotatable bonds is 2. The quantitative estimate of drug-likeness (QED) is 0.794. The lowest BCUT2D eigenvalue weighted by Gasteiger charge is -2.21. The molecule has 0 atom stereocenters. The zero-order chi connectivity index (χ0) is 10.5. The SMILES string of the molecule is CNc1cncc(N2CCCOCC2)c1. The maximum atomic E-state index is 5.43. The minimum absolute atomic E-state index is 0.809. The minimum Gasteiger partial charge on any atom is -0.387 e. The van der Waals surface area contributed by atoms with Crippen LogP contribution in [-0.4, -0.2) is 38.3 Å². The van der Waals surface area contributed by atoms with Crippen LogP contribution in [0.2, 0.25) is 0 Å². The van der Waals surface area contributed by atoms with Crippen LogP contribution in [0.1, 0.15) is 6.42 Å². The highest BCUT2D eigenvalue weighted by Gasteiger charge is 2.10. The van der Waals surface area contributed by atoms with Gasteiger partial charge in [-0.3, -0.25) is 4.98 Å². The molecule has 1 aromatic heterocycles. The Morgan fingerprint density at radius 1 is 1.33 bits per heavy atom. The summed E-state index contributed by atoms with van der Waals surface area (Å²) in [5, 5.41) is 3.10. The van der Waals surface area contributed by atoms with Gasteiger partial charge in [-0.25, -0.2) is 0 Å². The lowest BCUT2D eigenvalue weighted by molar-refractivity contribution is 0.152. The van der Waals surface area contributed by atoms with Crippen molar-refractivity contribution in [1.82, 2.24) is 4.98 Å². The topological polar surface area (TPSA) is 37.4 Å². The average Bonchev–Trinajstić information content (AvgIpc) is 2.58. The molecule has 0 unspecified atom stereocenters. The lowest BCUT2D eigenvalue weighted by Crippen LogP contribution is -2.25. The summed E-state index contributed by atoms with van der Waals surface area (Å²) in [5.41, 5.74) is 2.23. The van der Waals surface area contributed by atoms with Gasteiger partial charge in [0.05, 0.1) is 30.4 Å². The molecule has 1 fully saturated rings. The van der Waals surface area contributed by atoms with Crippen LogP contribution in [0.3, 0.4) is 0 Å². The number of hydrogen-bond donors (Lipinski definition) is 1. The van der Waals surface area contributed by atoms with Crippen LogP contribution in [0.4, 0.5) is 11.4 Å². The van der Waals surface area contributed by atoms with E-state index in [1.54, 1.807) is 0 Å². The molecule has 0 saturated carbocycles. The van der Waals surface area contributed by atoms with E-state index in [1.807, 2.05) is 19.4 Å². The largest absolute Gasteiger partial charge is 0.387 e. The van der Waals surface area contributed by atoms with Gasteiger partial charge in [-0.05, 0) is 12.5 Å². The summed E-state index contributed by atoms with van der Waals surface area (Å²) in [6, 6.07) is 2.12. The number of anilines is 2. The van der Waals surface area contributed by atoms with Gasteiger partial charge in [0, 0.05) is 26.7 Å². The molecular formula is C11H17N3O. The Labute approximate surface area is 90.3 Å². The molecule has 0 amide bonds. The summed E-state index contributed by atoms with van der Waals surface area (Å²) in [5.74, 6) is 0. The van der Waals surface area contributed by atoms with Crippen LogP contribution in [0.5, 0.6) is 0 Å². The van der Waals surface area contributed by atoms with E-state index in [1.165, 1.54) is 5.69 Å². The van der Waals surface area contributed by atoms with Gasteiger partial charge >= 0.3 is 0 Å². The number of aromatic nitrogens is 1. The van der Waals surface area contributed by atoms with Gasteiger partial charge in [-0.15, -0.1) is 0 Å². The van der Waals surface area contributed by atoms with E-state index in [9.17, 15) is 0 Å². The van der Waals surface area contributed by atoms with E-state index < -0.39 is 0 Å². The Balaban J connectivity index is 2.12. The van der Waals surface area contributed by atoms with Crippen molar-refractivity contribution in [3.05, 3.63) is 18.5 Å². The van der Waals surface area contributed by atoms with E-state index in [-0.39, 0.29) is 0 Å². The monoisotopic (exact) mass is 207 g/mol. The normalized spacial score (nSPS) is 17.3. The molecule has 0 spiro atoms. The van der Waals surface area contributed by atoms with Crippen molar-refractivity contribution < 1.29 is 4.74 Å². The number of ether oxygens (including phenoxy) is 1. The maximum Gasteiger partial charge on any atom is 0.0641 e. The molecule has 15 heavy (non-hydrogen) atoms. The Morgan fingerprint density at radius 3 is 3.13 bits per heavy atom. The third-order valence-corrected chi connectivity index (χ3v) is 2.60. The standard InChI is InChI=1S/C11H17N3O/c1-12-10-7-11(9-13-8-10)14-3-2-5-15-6-4-14/h7-9,12H,2-6H2,1H3. The second-order valence-electron chi connectivity index (χ2n) is 3.63. The second-order valence-corrected chi connectivity index (χ2v) is 3.63. The molecule has 82 valence electrons. The molecule has 2 heterocycles. The van der Waals surface area contributed by atoms with E-state index in [2.05, 4.69) is 21.3 Å². The summed E-state index contributed by atoms with van der Waals surface area (Å²) < 4.78 is 5.43. The predicted octanol–water partition coefficient (Wildman–Crippen LogP) is 1.35. The molecule has 1 aliphatic rings. The first-order valence-electron chi connectivity index (χ1n) is 5.35. The highest BCUT2D eigenvalue weighted by molar-refractivity contribution is 5.55. The molecule has 1 saturated heterocycles. The minimum atomic E-state index is 0.809. The van der Waals surface area contributed by atoms with Crippen molar-refractivity contribution in [3.63, 3.8) is 0 Å². The second kappa shape index (κ2) is 4.98. The van der Waals surface area contributed by atoms with Crippen LogP contribution >= 0.6 is 0 Å². The van der Waals surface area contributed by atoms with Crippen molar-refractivity contribution in [2.75, 3.05) is 43.6 Å². The van der Waals surface area contributed by atoms with Gasteiger partial charge in [0.1, 0.15) is 0 Å². The Morgan fingerprint density at radius 2 is 2.27 bits per heavy atom. The number of pyridine rings is 1. The third kappa shape index (κ3) is 2.59. The molecular weight excluding hydrogens is 190 g/mol. The molecule has 4 nitrogen and oxygen atoms in total. The first-order chi connectivity index (χ1) is 7.40. The molecule has 1 N–H and O–H groups in total. The molecule has 0 bridgehead atoms. The highest BCUT2D eigenvalue weighted by atomic mass is 16.5. The van der Waals surface area contributed by atoms with Crippen molar-refractivity contribution in [2.24, 2.45) is 0 Å². The van der Waals surface area contributed by atoms with E-state index in [4.69, 9.17) is 4.74 Å². The van der Waals surface area contributed by atoms with Gasteiger partial charge in [-0.2, -0.15) is 0 Å². The molecule has 0 aromatic carbocycles. The number of nitrogens with one attached hydrogen (secondary N) is 1. The van der Waals surface area contributed by atoms with E-state index in [0.29, 0.717) is 0 Å². The maximum absolute atomic E-state index is 5.43. The van der Waals surface area contributed by atoms with Crippen LogP contribution < -0.4 is 10.2 Å². The van der Waals surface area contributed by atoms with E-state index >= 15 is 0 Å². The lowest BCUT2D eigenvalue weighted by atomic mass is 10.3. The zero-order valence-electron chi connectivity index (χ0n) is 9.07. The van der Waals surface area contributed by atoms with Crippen LogP contribution in [0.15, 0.2) is 18.5 Å². The molecule has 1 aromatic rings. The summed E-state index contributed by atoms with van der Waals surface area (Å²) in [6.45, 7) is 3.68. The van der Waals surface area contributed by atoms with Crippen molar-refractivity contribution in [3.8, 4) is 0 Å². The van der Waals surface area contributed by atoms with Gasteiger partial charge in [0.2, 0.25) is 0 Å². The summed E-state index contributed by atoms with van der Waals surface area (Å²) in [7, 11) is 1.91. The predicted molar refractivity (Wildman–Crippen MR) is 61.4 cm³/mol. The van der Waals surface area contributed by atoms with Gasteiger partial charge in [0.15, 0.2) is 0 Å². The fourth-order valence-corrected chi connectivity index (χ4v) is 1.74. The zero-order valence-corrected chi connectivity index (χ0v) is 9.07. The average molecular weight is 207 g/mol. The van der Waals surface area contributed by atoms with Crippen LogP contribution in [-0.2, 0) is 4.74 Å². The number of nitrogens with zero attached hydrogens (tertiary/aromatic N) is 2. The van der Waals surface area contributed by atoms with Crippen molar-refractivity contribution >= 4 is 11.4 Å². The number of hydrogen-bond acceptors (Lipinski definition) is 4. The molecule has 0 aliphatic carbocycles. The molecule has 0 radical (unpaired) electrons. The molecule has 4 heteroatoms. The molecule has 2 rings (SSSR count). The summed E-state index contributed by atoms with van der Waals surface area (Å²) in [6.07, 6.45) is 4.83.